The molecule has 35 heavy (non-hydrogen) atoms. The Labute approximate surface area is 210 Å². The van der Waals surface area contributed by atoms with E-state index in [1.54, 1.807) is 7.11 Å². The molecule has 2 aromatic carbocycles. The van der Waals surface area contributed by atoms with Crippen molar-refractivity contribution in [2.45, 2.75) is 69.9 Å². The predicted molar refractivity (Wildman–Crippen MR) is 140 cm³/mol. The molecule has 7 rings (SSSR count). The first-order valence-electron chi connectivity index (χ1n) is 14.0. The molecule has 5 aliphatic rings. The zero-order valence-corrected chi connectivity index (χ0v) is 21.2. The van der Waals surface area contributed by atoms with Crippen molar-refractivity contribution in [2.24, 2.45) is 17.8 Å². The molecule has 4 bridgehead atoms. The van der Waals surface area contributed by atoms with Gasteiger partial charge in [-0.05, 0) is 117 Å². The number of methoxy groups -OCH3 is 1. The van der Waals surface area contributed by atoms with E-state index in [1.807, 2.05) is 30.3 Å². The molecule has 4 atom stereocenters. The number of nitrogens with zero attached hydrogens (tertiary/aromatic N) is 2. The van der Waals surface area contributed by atoms with Gasteiger partial charge in [0, 0.05) is 30.7 Å². The number of benzene rings is 2. The highest BCUT2D eigenvalue weighted by atomic mass is 16.5. The van der Waals surface area contributed by atoms with Crippen LogP contribution >= 0.6 is 0 Å². The van der Waals surface area contributed by atoms with Crippen LogP contribution in [0.2, 0.25) is 0 Å². The van der Waals surface area contributed by atoms with Gasteiger partial charge < -0.3 is 9.64 Å². The number of carbonyl (C=O) groups is 1. The second-order valence-corrected chi connectivity index (χ2v) is 11.5. The van der Waals surface area contributed by atoms with E-state index in [9.17, 15) is 4.79 Å². The molecule has 3 fully saturated rings. The first kappa shape index (κ1) is 23.1. The lowest BCUT2D eigenvalue weighted by Gasteiger charge is -2.40. The topological polar surface area (TPSA) is 32.8 Å². The Morgan fingerprint density at radius 2 is 1.83 bits per heavy atom. The van der Waals surface area contributed by atoms with Crippen molar-refractivity contribution in [2.75, 3.05) is 26.7 Å². The summed E-state index contributed by atoms with van der Waals surface area (Å²) in [4.78, 5) is 18.8. The maximum atomic E-state index is 13.7. The van der Waals surface area contributed by atoms with E-state index in [-0.39, 0.29) is 5.91 Å². The number of likely N-dealkylation sites (tertiary alicyclic amines) is 1. The van der Waals surface area contributed by atoms with Crippen LogP contribution in [0.25, 0.3) is 0 Å². The van der Waals surface area contributed by atoms with Crippen LogP contribution in [0.15, 0.2) is 48.5 Å². The molecule has 3 aliphatic heterocycles. The molecular formula is C31H40N2O2. The Kier molecular flexibility index (Phi) is 6.58. The minimum Gasteiger partial charge on any atom is -0.497 e. The van der Waals surface area contributed by atoms with Crippen molar-refractivity contribution < 1.29 is 9.53 Å². The van der Waals surface area contributed by atoms with Crippen molar-refractivity contribution in [3.05, 3.63) is 65.2 Å². The van der Waals surface area contributed by atoms with Gasteiger partial charge >= 0.3 is 0 Å². The highest BCUT2D eigenvalue weighted by Gasteiger charge is 2.45. The first-order valence-corrected chi connectivity index (χ1v) is 14.0. The SMILES string of the molecule is COc1ccc2c(c1)CCC[C@@H]1CN(C(=O)c3ccccc3)C3CCC(C2)N(CC2CC2)CCC31. The third-order valence-electron chi connectivity index (χ3n) is 9.35. The minimum absolute atomic E-state index is 0.248. The van der Waals surface area contributed by atoms with E-state index < -0.39 is 0 Å². The molecule has 3 unspecified atom stereocenters. The zero-order chi connectivity index (χ0) is 23.8. The lowest BCUT2D eigenvalue weighted by Crippen LogP contribution is -2.46. The summed E-state index contributed by atoms with van der Waals surface area (Å²) in [6, 6.07) is 17.7. The fourth-order valence-electron chi connectivity index (χ4n) is 7.27. The fraction of sp³-hybridized carbons (Fsp3) is 0.581. The predicted octanol–water partition coefficient (Wildman–Crippen LogP) is 5.60. The molecule has 186 valence electrons. The molecule has 1 amide bonds. The standard InChI is InChI=1S/C31H40N2O2/c1-35-28-14-12-25-18-27-13-15-30-29(16-17-32(27)20-22-10-11-22)26(9-5-8-24(25)19-28)21-33(30)31(34)23-6-3-2-4-7-23/h2-4,6-7,12,14,19,22,26-27,29-30H,5,8-11,13,15-18,20-21H2,1H3/t26-,27?,29?,30?/m1/s1. The van der Waals surface area contributed by atoms with Gasteiger partial charge in [0.15, 0.2) is 0 Å². The molecule has 0 N–H and O–H groups in total. The van der Waals surface area contributed by atoms with Crippen LogP contribution in [0.3, 0.4) is 0 Å². The molecular weight excluding hydrogens is 432 g/mol. The molecule has 4 heteroatoms. The average molecular weight is 473 g/mol. The molecule has 2 aliphatic carbocycles. The number of ether oxygens (including phenoxy) is 1. The third-order valence-corrected chi connectivity index (χ3v) is 9.35. The molecule has 1 saturated carbocycles. The van der Waals surface area contributed by atoms with Crippen LogP contribution in [0, 0.1) is 17.8 Å². The largest absolute Gasteiger partial charge is 0.497 e. The summed E-state index contributed by atoms with van der Waals surface area (Å²) in [7, 11) is 1.78. The van der Waals surface area contributed by atoms with Gasteiger partial charge in [-0.25, -0.2) is 0 Å². The molecule has 2 saturated heterocycles. The van der Waals surface area contributed by atoms with Gasteiger partial charge in [0.2, 0.25) is 0 Å². The smallest absolute Gasteiger partial charge is 0.254 e. The van der Waals surface area contributed by atoms with Gasteiger partial charge in [-0.15, -0.1) is 0 Å². The van der Waals surface area contributed by atoms with Gasteiger partial charge in [-0.3, -0.25) is 9.69 Å². The van der Waals surface area contributed by atoms with Gasteiger partial charge in [0.25, 0.3) is 5.91 Å². The van der Waals surface area contributed by atoms with E-state index in [0.717, 1.165) is 43.0 Å². The summed E-state index contributed by atoms with van der Waals surface area (Å²) in [5.41, 5.74) is 3.84. The number of amides is 1. The van der Waals surface area contributed by atoms with Crippen molar-refractivity contribution in [1.82, 2.24) is 9.80 Å². The summed E-state index contributed by atoms with van der Waals surface area (Å²) in [5, 5.41) is 0. The number of hydrogen-bond donors (Lipinski definition) is 0. The lowest BCUT2D eigenvalue weighted by atomic mass is 9.79. The van der Waals surface area contributed by atoms with Crippen LogP contribution < -0.4 is 4.74 Å². The maximum absolute atomic E-state index is 13.7. The van der Waals surface area contributed by atoms with Crippen LogP contribution in [-0.4, -0.2) is 54.5 Å². The van der Waals surface area contributed by atoms with Crippen molar-refractivity contribution >= 4 is 5.91 Å². The average Bonchev–Trinajstić information content (AvgIpc) is 3.63. The maximum Gasteiger partial charge on any atom is 0.254 e. The first-order chi connectivity index (χ1) is 17.2. The van der Waals surface area contributed by atoms with E-state index in [4.69, 9.17) is 4.74 Å². The second-order valence-electron chi connectivity index (χ2n) is 11.5. The highest BCUT2D eigenvalue weighted by Crippen LogP contribution is 2.42. The molecule has 4 nitrogen and oxygen atoms in total. The number of aryl methyl sites for hydroxylation is 1. The number of rotatable bonds is 4. The zero-order valence-electron chi connectivity index (χ0n) is 21.2. The van der Waals surface area contributed by atoms with Crippen molar-refractivity contribution in [3.8, 4) is 5.75 Å². The molecule has 0 radical (unpaired) electrons. The normalized spacial score (nSPS) is 29.1. The molecule has 0 spiro atoms. The van der Waals surface area contributed by atoms with Gasteiger partial charge in [-0.1, -0.05) is 24.3 Å². The Bertz CT molecular complexity index is 1030. The monoisotopic (exact) mass is 472 g/mol. The fourth-order valence-corrected chi connectivity index (χ4v) is 7.27. The Hall–Kier alpha value is -2.33. The van der Waals surface area contributed by atoms with Crippen LogP contribution in [0.5, 0.6) is 5.75 Å². The number of carbonyl (C=O) groups excluding carboxylic acids is 1. The van der Waals surface area contributed by atoms with Gasteiger partial charge in [0.05, 0.1) is 7.11 Å². The van der Waals surface area contributed by atoms with E-state index in [0.29, 0.717) is 23.9 Å². The Morgan fingerprint density at radius 3 is 2.63 bits per heavy atom. The quantitative estimate of drug-likeness (QED) is 0.581. The number of fused-ring (bicyclic) bond motifs is 5. The van der Waals surface area contributed by atoms with Crippen molar-refractivity contribution in [3.63, 3.8) is 0 Å². The minimum atomic E-state index is 0.248. The van der Waals surface area contributed by atoms with Crippen LogP contribution in [-0.2, 0) is 12.8 Å². The van der Waals surface area contributed by atoms with E-state index >= 15 is 0 Å². The number of hydrogen-bond acceptors (Lipinski definition) is 3. The van der Waals surface area contributed by atoms with E-state index in [1.165, 1.54) is 62.7 Å². The Morgan fingerprint density at radius 1 is 0.971 bits per heavy atom. The Balaban J connectivity index is 1.32. The van der Waals surface area contributed by atoms with Crippen LogP contribution in [0.1, 0.15) is 66.4 Å². The van der Waals surface area contributed by atoms with Crippen LogP contribution in [0.4, 0.5) is 0 Å². The summed E-state index contributed by atoms with van der Waals surface area (Å²) in [6.07, 6.45) is 11.0. The molecule has 0 aromatic heterocycles. The summed E-state index contributed by atoms with van der Waals surface area (Å²) in [5.74, 6) is 3.38. The van der Waals surface area contributed by atoms with Gasteiger partial charge in [-0.2, -0.15) is 0 Å². The van der Waals surface area contributed by atoms with Crippen molar-refractivity contribution in [1.29, 1.82) is 0 Å². The highest BCUT2D eigenvalue weighted by molar-refractivity contribution is 5.94. The van der Waals surface area contributed by atoms with E-state index in [2.05, 4.69) is 28.0 Å². The third kappa shape index (κ3) is 4.87. The summed E-state index contributed by atoms with van der Waals surface area (Å²) < 4.78 is 5.59. The second kappa shape index (κ2) is 9.97. The lowest BCUT2D eigenvalue weighted by molar-refractivity contribution is 0.0652. The summed E-state index contributed by atoms with van der Waals surface area (Å²) >= 11 is 0. The molecule has 3 heterocycles. The summed E-state index contributed by atoms with van der Waals surface area (Å²) in [6.45, 7) is 3.39. The molecule has 2 aromatic rings. The van der Waals surface area contributed by atoms with Gasteiger partial charge in [0.1, 0.15) is 5.75 Å².